The zero-order valence-electron chi connectivity index (χ0n) is 9.45. The summed E-state index contributed by atoms with van der Waals surface area (Å²) in [5.74, 6) is -1.07. The predicted octanol–water partition coefficient (Wildman–Crippen LogP) is 2.82. The molecule has 96 valence electrons. The summed E-state index contributed by atoms with van der Waals surface area (Å²) in [5, 5.41) is 9.06. The Balaban J connectivity index is 2.68. The molecule has 0 aliphatic rings. The standard InChI is InChI=1S/C12H10F3NO2/c1-16-9-4-2-3-7(5-11(17)18)8(9)6-10(16)12(13,14)15/h2-4,6H,5H2,1H3,(H,17,18). The van der Waals surface area contributed by atoms with Crippen LogP contribution in [-0.4, -0.2) is 15.6 Å². The third-order valence-corrected chi connectivity index (χ3v) is 2.81. The second kappa shape index (κ2) is 4.04. The molecule has 6 heteroatoms. The highest BCUT2D eigenvalue weighted by molar-refractivity contribution is 5.88. The Bertz CT molecular complexity index is 614. The van der Waals surface area contributed by atoms with Gasteiger partial charge in [-0.15, -0.1) is 0 Å². The van der Waals surface area contributed by atoms with Crippen LogP contribution in [0, 0.1) is 0 Å². The Morgan fingerprint density at radius 2 is 2.06 bits per heavy atom. The van der Waals surface area contributed by atoms with Gasteiger partial charge in [0.15, 0.2) is 0 Å². The summed E-state index contributed by atoms with van der Waals surface area (Å²) in [6, 6.07) is 5.61. The van der Waals surface area contributed by atoms with Crippen LogP contribution in [0.2, 0.25) is 0 Å². The van der Waals surface area contributed by atoms with Crippen LogP contribution in [0.1, 0.15) is 11.3 Å². The van der Waals surface area contributed by atoms with Crippen LogP contribution in [0.15, 0.2) is 24.3 Å². The van der Waals surface area contributed by atoms with Crippen LogP contribution in [0.5, 0.6) is 0 Å². The number of aromatic nitrogens is 1. The van der Waals surface area contributed by atoms with E-state index in [2.05, 4.69) is 0 Å². The number of hydrogen-bond acceptors (Lipinski definition) is 1. The highest BCUT2D eigenvalue weighted by Gasteiger charge is 2.34. The third kappa shape index (κ3) is 2.05. The lowest BCUT2D eigenvalue weighted by Gasteiger charge is -2.07. The van der Waals surface area contributed by atoms with E-state index in [1.54, 1.807) is 6.07 Å². The summed E-state index contributed by atoms with van der Waals surface area (Å²) < 4.78 is 39.3. The molecule has 0 aliphatic heterocycles. The average molecular weight is 257 g/mol. The fourth-order valence-corrected chi connectivity index (χ4v) is 2.01. The summed E-state index contributed by atoms with van der Waals surface area (Å²) in [4.78, 5) is 10.7. The minimum Gasteiger partial charge on any atom is -0.481 e. The molecule has 1 aromatic carbocycles. The smallest absolute Gasteiger partial charge is 0.431 e. The van der Waals surface area contributed by atoms with Gasteiger partial charge in [-0.1, -0.05) is 12.1 Å². The van der Waals surface area contributed by atoms with Crippen LogP contribution >= 0.6 is 0 Å². The number of alkyl halides is 3. The van der Waals surface area contributed by atoms with E-state index in [0.717, 1.165) is 10.6 Å². The lowest BCUT2D eigenvalue weighted by molar-refractivity contribution is -0.142. The number of carboxylic acid groups (broad SMARTS) is 1. The van der Waals surface area contributed by atoms with E-state index >= 15 is 0 Å². The highest BCUT2D eigenvalue weighted by atomic mass is 19.4. The Kier molecular flexibility index (Phi) is 2.80. The van der Waals surface area contributed by atoms with Gasteiger partial charge in [0.2, 0.25) is 0 Å². The second-order valence-electron chi connectivity index (χ2n) is 4.01. The second-order valence-corrected chi connectivity index (χ2v) is 4.01. The van der Waals surface area contributed by atoms with Crippen molar-refractivity contribution in [1.82, 2.24) is 4.57 Å². The average Bonchev–Trinajstić information content (AvgIpc) is 2.56. The lowest BCUT2D eigenvalue weighted by atomic mass is 10.1. The summed E-state index contributed by atoms with van der Waals surface area (Å²) in [5.41, 5.74) is -0.0255. The number of rotatable bonds is 2. The van der Waals surface area contributed by atoms with Crippen molar-refractivity contribution in [3.05, 3.63) is 35.5 Å². The molecule has 0 saturated carbocycles. The first kappa shape index (κ1) is 12.5. The van der Waals surface area contributed by atoms with Crippen LogP contribution in [0.25, 0.3) is 10.9 Å². The molecule has 0 saturated heterocycles. The SMILES string of the molecule is Cn1c(C(F)(F)F)cc2c(CC(=O)O)cccc21. The Morgan fingerprint density at radius 1 is 1.39 bits per heavy atom. The predicted molar refractivity (Wildman–Crippen MR) is 59.3 cm³/mol. The zero-order valence-corrected chi connectivity index (χ0v) is 9.45. The number of aliphatic carboxylic acids is 1. The summed E-state index contributed by atoms with van der Waals surface area (Å²) in [7, 11) is 1.32. The molecule has 0 radical (unpaired) electrons. The molecule has 0 unspecified atom stereocenters. The number of benzene rings is 1. The molecule has 0 fully saturated rings. The molecule has 0 bridgehead atoms. The van der Waals surface area contributed by atoms with Crippen molar-refractivity contribution in [1.29, 1.82) is 0 Å². The third-order valence-electron chi connectivity index (χ3n) is 2.81. The van der Waals surface area contributed by atoms with E-state index in [1.165, 1.54) is 19.2 Å². The van der Waals surface area contributed by atoms with E-state index in [4.69, 9.17) is 5.11 Å². The van der Waals surface area contributed by atoms with Gasteiger partial charge in [-0.2, -0.15) is 13.2 Å². The van der Waals surface area contributed by atoms with Crippen molar-refractivity contribution in [3.63, 3.8) is 0 Å². The van der Waals surface area contributed by atoms with Crippen LogP contribution in [0.4, 0.5) is 13.2 Å². The van der Waals surface area contributed by atoms with Crippen molar-refractivity contribution < 1.29 is 23.1 Å². The van der Waals surface area contributed by atoms with Gasteiger partial charge in [-0.25, -0.2) is 0 Å². The van der Waals surface area contributed by atoms with Gasteiger partial charge in [0.1, 0.15) is 5.69 Å². The van der Waals surface area contributed by atoms with Gasteiger partial charge in [-0.3, -0.25) is 4.79 Å². The van der Waals surface area contributed by atoms with E-state index in [-0.39, 0.29) is 6.42 Å². The maximum absolute atomic E-state index is 12.7. The zero-order chi connectivity index (χ0) is 13.5. The molecule has 1 heterocycles. The first-order chi connectivity index (χ1) is 8.30. The highest BCUT2D eigenvalue weighted by Crippen LogP contribution is 2.34. The van der Waals surface area contributed by atoms with E-state index in [0.29, 0.717) is 16.5 Å². The minimum atomic E-state index is -4.45. The van der Waals surface area contributed by atoms with Crippen LogP contribution in [-0.2, 0) is 24.4 Å². The van der Waals surface area contributed by atoms with Gasteiger partial charge in [-0.05, 0) is 17.7 Å². The van der Waals surface area contributed by atoms with Crippen molar-refractivity contribution in [2.24, 2.45) is 7.05 Å². The largest absolute Gasteiger partial charge is 0.481 e. The van der Waals surface area contributed by atoms with Crippen molar-refractivity contribution in [2.75, 3.05) is 0 Å². The molecule has 0 atom stereocenters. The number of hydrogen-bond donors (Lipinski definition) is 1. The maximum atomic E-state index is 12.7. The molecule has 2 aromatic rings. The lowest BCUT2D eigenvalue weighted by Crippen LogP contribution is -2.10. The minimum absolute atomic E-state index is 0.293. The fraction of sp³-hybridized carbons (Fsp3) is 0.250. The first-order valence-electron chi connectivity index (χ1n) is 5.17. The number of carboxylic acids is 1. The number of fused-ring (bicyclic) bond motifs is 1. The normalized spacial score (nSPS) is 12.0. The summed E-state index contributed by atoms with van der Waals surface area (Å²) in [6.07, 6.45) is -4.74. The van der Waals surface area contributed by atoms with Gasteiger partial charge in [0.25, 0.3) is 0 Å². The number of carbonyl (C=O) groups is 1. The molecule has 3 nitrogen and oxygen atoms in total. The Hall–Kier alpha value is -1.98. The summed E-state index contributed by atoms with van der Waals surface area (Å²) >= 11 is 0. The molecule has 2 rings (SSSR count). The molecule has 0 aliphatic carbocycles. The van der Waals surface area contributed by atoms with Crippen LogP contribution in [0.3, 0.4) is 0 Å². The maximum Gasteiger partial charge on any atom is 0.431 e. The Labute approximate surface area is 100 Å². The molecule has 1 aromatic heterocycles. The number of halogens is 3. The monoisotopic (exact) mass is 257 g/mol. The van der Waals surface area contributed by atoms with E-state index in [1.807, 2.05) is 0 Å². The molecule has 0 amide bonds. The number of nitrogens with zero attached hydrogens (tertiary/aromatic N) is 1. The van der Waals surface area contributed by atoms with Crippen molar-refractivity contribution in [2.45, 2.75) is 12.6 Å². The quantitative estimate of drug-likeness (QED) is 0.898. The van der Waals surface area contributed by atoms with Crippen molar-refractivity contribution in [3.8, 4) is 0 Å². The van der Waals surface area contributed by atoms with Crippen LogP contribution < -0.4 is 0 Å². The van der Waals surface area contributed by atoms with Gasteiger partial charge >= 0.3 is 12.1 Å². The van der Waals surface area contributed by atoms with Crippen molar-refractivity contribution >= 4 is 16.9 Å². The summed E-state index contributed by atoms with van der Waals surface area (Å²) in [6.45, 7) is 0. The molecular weight excluding hydrogens is 247 g/mol. The molecule has 0 spiro atoms. The van der Waals surface area contributed by atoms with Gasteiger partial charge in [0.05, 0.1) is 6.42 Å². The first-order valence-corrected chi connectivity index (χ1v) is 5.17. The van der Waals surface area contributed by atoms with E-state index < -0.39 is 17.8 Å². The number of aryl methyl sites for hydroxylation is 1. The fourth-order valence-electron chi connectivity index (χ4n) is 2.01. The van der Waals surface area contributed by atoms with Gasteiger partial charge in [0, 0.05) is 18.0 Å². The molecular formula is C12H10F3NO2. The van der Waals surface area contributed by atoms with E-state index in [9.17, 15) is 18.0 Å². The Morgan fingerprint density at radius 3 is 2.61 bits per heavy atom. The molecule has 18 heavy (non-hydrogen) atoms. The topological polar surface area (TPSA) is 42.2 Å². The molecule has 1 N–H and O–H groups in total. The van der Waals surface area contributed by atoms with Gasteiger partial charge < -0.3 is 9.67 Å².